The number of carbonyl (C=O) groups excluding carboxylic acids is 1. The lowest BCUT2D eigenvalue weighted by Gasteiger charge is -2.21. The van der Waals surface area contributed by atoms with Crippen molar-refractivity contribution in [1.29, 1.82) is 0 Å². The lowest BCUT2D eigenvalue weighted by molar-refractivity contribution is 0.0747. The van der Waals surface area contributed by atoms with Crippen molar-refractivity contribution in [2.24, 2.45) is 0 Å². The second-order valence-electron chi connectivity index (χ2n) is 3.73. The summed E-state index contributed by atoms with van der Waals surface area (Å²) < 4.78 is 0. The summed E-state index contributed by atoms with van der Waals surface area (Å²) in [6.45, 7) is 2.99. The number of rotatable bonds is 1. The van der Waals surface area contributed by atoms with Gasteiger partial charge in [0.1, 0.15) is 0 Å². The van der Waals surface area contributed by atoms with Gasteiger partial charge >= 0.3 is 0 Å². The monoisotopic (exact) mass is 190 g/mol. The first-order valence-electron chi connectivity index (χ1n) is 5.00. The van der Waals surface area contributed by atoms with E-state index in [4.69, 9.17) is 0 Å². The van der Waals surface area contributed by atoms with Gasteiger partial charge in [-0.25, -0.2) is 0 Å². The number of hydrogen-bond donors (Lipinski definition) is 0. The molecule has 14 heavy (non-hydrogen) atoms. The van der Waals surface area contributed by atoms with Crippen LogP contribution in [-0.2, 0) is 0 Å². The molecule has 1 aliphatic rings. The van der Waals surface area contributed by atoms with Crippen LogP contribution in [0.15, 0.2) is 24.5 Å². The highest BCUT2D eigenvalue weighted by Crippen LogP contribution is 2.18. The van der Waals surface area contributed by atoms with E-state index in [0.29, 0.717) is 6.04 Å². The van der Waals surface area contributed by atoms with Gasteiger partial charge in [-0.05, 0) is 31.9 Å². The van der Waals surface area contributed by atoms with Crippen molar-refractivity contribution in [1.82, 2.24) is 9.88 Å². The Bertz CT molecular complexity index is 323. The van der Waals surface area contributed by atoms with E-state index in [2.05, 4.69) is 11.9 Å². The molecule has 3 nitrogen and oxygen atoms in total. The maximum absolute atomic E-state index is 12.0. The average Bonchev–Trinajstić information content (AvgIpc) is 2.65. The molecule has 0 N–H and O–H groups in total. The summed E-state index contributed by atoms with van der Waals surface area (Å²) in [5.41, 5.74) is 0.744. The van der Waals surface area contributed by atoms with Gasteiger partial charge < -0.3 is 4.90 Å². The highest BCUT2D eigenvalue weighted by atomic mass is 16.2. The van der Waals surface area contributed by atoms with Gasteiger partial charge in [0.2, 0.25) is 0 Å². The van der Waals surface area contributed by atoms with Crippen molar-refractivity contribution < 1.29 is 4.79 Å². The third kappa shape index (κ3) is 1.62. The van der Waals surface area contributed by atoms with E-state index in [1.807, 2.05) is 4.90 Å². The first-order chi connectivity index (χ1) is 6.79. The lowest BCUT2D eigenvalue weighted by Crippen LogP contribution is -2.33. The van der Waals surface area contributed by atoms with Crippen LogP contribution in [0, 0.1) is 0 Å². The summed E-state index contributed by atoms with van der Waals surface area (Å²) in [6.07, 6.45) is 5.57. The minimum Gasteiger partial charge on any atom is -0.336 e. The summed E-state index contributed by atoms with van der Waals surface area (Å²) in [7, 11) is 0. The van der Waals surface area contributed by atoms with Crippen LogP contribution in [0.25, 0.3) is 0 Å². The molecule has 0 bridgehead atoms. The number of aromatic nitrogens is 1. The van der Waals surface area contributed by atoms with Gasteiger partial charge in [-0.3, -0.25) is 9.78 Å². The van der Waals surface area contributed by atoms with Crippen molar-refractivity contribution in [2.45, 2.75) is 25.8 Å². The minimum absolute atomic E-state index is 0.136. The molecule has 74 valence electrons. The molecule has 0 radical (unpaired) electrons. The first-order valence-corrected chi connectivity index (χ1v) is 5.00. The normalized spacial score (nSPS) is 21.2. The van der Waals surface area contributed by atoms with E-state index in [1.165, 1.54) is 0 Å². The molecule has 0 aromatic carbocycles. The van der Waals surface area contributed by atoms with Gasteiger partial charge in [0, 0.05) is 30.5 Å². The molecule has 0 unspecified atom stereocenters. The fourth-order valence-corrected chi connectivity index (χ4v) is 1.90. The molecule has 3 heteroatoms. The number of pyridine rings is 1. The SMILES string of the molecule is C[C@@H]1CCCN1C(=O)c1ccncc1. The van der Waals surface area contributed by atoms with E-state index in [9.17, 15) is 4.79 Å². The standard InChI is InChI=1S/C11H14N2O/c1-9-3-2-8-13(9)11(14)10-4-6-12-7-5-10/h4-7,9H,2-3,8H2,1H3/t9-/m1/s1. The van der Waals surface area contributed by atoms with Crippen molar-refractivity contribution in [2.75, 3.05) is 6.54 Å². The Morgan fingerprint density at radius 1 is 1.50 bits per heavy atom. The number of amides is 1. The lowest BCUT2D eigenvalue weighted by atomic mass is 10.2. The molecule has 1 atom stereocenters. The van der Waals surface area contributed by atoms with E-state index in [1.54, 1.807) is 24.5 Å². The second-order valence-corrected chi connectivity index (χ2v) is 3.73. The van der Waals surface area contributed by atoms with Crippen LogP contribution in [0.5, 0.6) is 0 Å². The molecule has 0 aliphatic carbocycles. The number of carbonyl (C=O) groups is 1. The number of hydrogen-bond acceptors (Lipinski definition) is 2. The van der Waals surface area contributed by atoms with Crippen molar-refractivity contribution in [3.8, 4) is 0 Å². The molecule has 1 saturated heterocycles. The third-order valence-electron chi connectivity index (χ3n) is 2.74. The van der Waals surface area contributed by atoms with E-state index in [0.717, 1.165) is 24.9 Å². The molecule has 1 amide bonds. The van der Waals surface area contributed by atoms with Gasteiger partial charge in [0.25, 0.3) is 5.91 Å². The van der Waals surface area contributed by atoms with Gasteiger partial charge in [-0.2, -0.15) is 0 Å². The Labute approximate surface area is 83.8 Å². The maximum atomic E-state index is 12.0. The van der Waals surface area contributed by atoms with Gasteiger partial charge in [0.05, 0.1) is 0 Å². The topological polar surface area (TPSA) is 33.2 Å². The average molecular weight is 190 g/mol. The van der Waals surface area contributed by atoms with Crippen LogP contribution < -0.4 is 0 Å². The van der Waals surface area contributed by atoms with Crippen LogP contribution >= 0.6 is 0 Å². The fourth-order valence-electron chi connectivity index (χ4n) is 1.90. The molecule has 1 aromatic rings. The maximum Gasteiger partial charge on any atom is 0.254 e. The van der Waals surface area contributed by atoms with Crippen LogP contribution in [0.1, 0.15) is 30.1 Å². The van der Waals surface area contributed by atoms with E-state index < -0.39 is 0 Å². The molecule has 1 aliphatic heterocycles. The van der Waals surface area contributed by atoms with Crippen LogP contribution in [0.2, 0.25) is 0 Å². The summed E-state index contributed by atoms with van der Waals surface area (Å²) in [5, 5.41) is 0. The molecule has 1 aromatic heterocycles. The Morgan fingerprint density at radius 3 is 2.79 bits per heavy atom. The molecule has 0 saturated carbocycles. The summed E-state index contributed by atoms with van der Waals surface area (Å²) >= 11 is 0. The van der Waals surface area contributed by atoms with Crippen LogP contribution in [0.3, 0.4) is 0 Å². The molecule has 1 fully saturated rings. The molecular weight excluding hydrogens is 176 g/mol. The first kappa shape index (κ1) is 9.19. The molecule has 2 heterocycles. The zero-order chi connectivity index (χ0) is 9.97. The number of likely N-dealkylation sites (tertiary alicyclic amines) is 1. The Balaban J connectivity index is 2.16. The Kier molecular flexibility index (Phi) is 2.48. The van der Waals surface area contributed by atoms with Crippen LogP contribution in [0.4, 0.5) is 0 Å². The summed E-state index contributed by atoms with van der Waals surface area (Å²) in [6, 6.07) is 3.93. The predicted molar refractivity (Wildman–Crippen MR) is 54.0 cm³/mol. The smallest absolute Gasteiger partial charge is 0.254 e. The van der Waals surface area contributed by atoms with Crippen molar-refractivity contribution >= 4 is 5.91 Å². The Morgan fingerprint density at radius 2 is 2.21 bits per heavy atom. The zero-order valence-corrected chi connectivity index (χ0v) is 8.31. The van der Waals surface area contributed by atoms with E-state index >= 15 is 0 Å². The predicted octanol–water partition coefficient (Wildman–Crippen LogP) is 1.71. The highest BCUT2D eigenvalue weighted by molar-refractivity contribution is 5.94. The molecule has 0 spiro atoms. The van der Waals surface area contributed by atoms with Gasteiger partial charge in [-0.15, -0.1) is 0 Å². The minimum atomic E-state index is 0.136. The summed E-state index contributed by atoms with van der Waals surface area (Å²) in [5.74, 6) is 0.136. The fraction of sp³-hybridized carbons (Fsp3) is 0.455. The second kappa shape index (κ2) is 3.78. The molecule has 2 rings (SSSR count). The quantitative estimate of drug-likeness (QED) is 0.675. The van der Waals surface area contributed by atoms with Gasteiger partial charge in [-0.1, -0.05) is 0 Å². The Hall–Kier alpha value is -1.38. The molecular formula is C11H14N2O. The van der Waals surface area contributed by atoms with Crippen molar-refractivity contribution in [3.63, 3.8) is 0 Å². The highest BCUT2D eigenvalue weighted by Gasteiger charge is 2.25. The summed E-state index contributed by atoms with van der Waals surface area (Å²) in [4.78, 5) is 17.8. The third-order valence-corrected chi connectivity index (χ3v) is 2.74. The van der Waals surface area contributed by atoms with Crippen molar-refractivity contribution in [3.05, 3.63) is 30.1 Å². The van der Waals surface area contributed by atoms with Gasteiger partial charge in [0.15, 0.2) is 0 Å². The largest absolute Gasteiger partial charge is 0.336 e. The zero-order valence-electron chi connectivity index (χ0n) is 8.31. The van der Waals surface area contributed by atoms with E-state index in [-0.39, 0.29) is 5.91 Å². The van der Waals surface area contributed by atoms with Crippen LogP contribution in [-0.4, -0.2) is 28.4 Å². The number of nitrogens with zero attached hydrogens (tertiary/aromatic N) is 2.